The van der Waals surface area contributed by atoms with Gasteiger partial charge in [-0.1, -0.05) is 0 Å². The van der Waals surface area contributed by atoms with Gasteiger partial charge < -0.3 is 15.2 Å². The molecule has 5 rings (SSSR count). The molecule has 0 saturated carbocycles. The molecule has 1 aliphatic rings. The molecule has 0 amide bonds. The van der Waals surface area contributed by atoms with E-state index in [4.69, 9.17) is 9.72 Å². The minimum absolute atomic E-state index is 0.0694. The number of pyridine rings is 1. The zero-order chi connectivity index (χ0) is 23.8. The van der Waals surface area contributed by atoms with Crippen LogP contribution in [-0.4, -0.2) is 33.3 Å². The fourth-order valence-electron chi connectivity index (χ4n) is 4.32. The molecule has 0 aliphatic carbocycles. The summed E-state index contributed by atoms with van der Waals surface area (Å²) in [4.78, 5) is 22.7. The van der Waals surface area contributed by atoms with Crippen LogP contribution in [0.1, 0.15) is 30.3 Å². The summed E-state index contributed by atoms with van der Waals surface area (Å²) >= 11 is 0. The molecule has 2 N–H and O–H groups in total. The summed E-state index contributed by atoms with van der Waals surface area (Å²) in [6.45, 7) is 0.775. The third-order valence-electron chi connectivity index (χ3n) is 5.95. The van der Waals surface area contributed by atoms with Gasteiger partial charge in [0.1, 0.15) is 5.82 Å². The van der Waals surface area contributed by atoms with E-state index >= 15 is 0 Å². The van der Waals surface area contributed by atoms with E-state index in [1.807, 2.05) is 0 Å². The SMILES string of the molecule is COc1ccc(-n2c(C3CCCN3)nc3c(-c4ccc(O)nc4)cc(C#N)cc3c2=O)cc1F. The standard InChI is InChI=1S/C25H20FN5O3/c1-34-21-6-5-16(11-19(21)26)31-24(20-3-2-8-28-20)30-23-17(15-4-7-22(32)29-13-15)9-14(12-27)10-18(23)25(31)33/h4-7,9-11,13,20,28H,2-3,8H2,1H3,(H,29,32). The first kappa shape index (κ1) is 21.6. The molecule has 0 spiro atoms. The van der Waals surface area contributed by atoms with Gasteiger partial charge in [0.25, 0.3) is 5.56 Å². The summed E-state index contributed by atoms with van der Waals surface area (Å²) in [7, 11) is 1.37. The molecule has 34 heavy (non-hydrogen) atoms. The second-order valence-electron chi connectivity index (χ2n) is 8.02. The van der Waals surface area contributed by atoms with Crippen molar-refractivity contribution >= 4 is 10.9 Å². The summed E-state index contributed by atoms with van der Waals surface area (Å²) in [5.41, 5.74) is 1.73. The van der Waals surface area contributed by atoms with Gasteiger partial charge in [-0.15, -0.1) is 0 Å². The van der Waals surface area contributed by atoms with Crippen LogP contribution in [0.4, 0.5) is 4.39 Å². The van der Waals surface area contributed by atoms with Crippen molar-refractivity contribution in [2.24, 2.45) is 0 Å². The van der Waals surface area contributed by atoms with Crippen molar-refractivity contribution in [3.05, 3.63) is 76.2 Å². The number of nitriles is 1. The van der Waals surface area contributed by atoms with Gasteiger partial charge >= 0.3 is 0 Å². The quantitative estimate of drug-likeness (QED) is 0.481. The number of benzene rings is 2. The van der Waals surface area contributed by atoms with E-state index in [1.165, 1.54) is 42.1 Å². The molecule has 1 fully saturated rings. The lowest BCUT2D eigenvalue weighted by molar-refractivity contribution is 0.386. The van der Waals surface area contributed by atoms with Crippen LogP contribution in [0.2, 0.25) is 0 Å². The van der Waals surface area contributed by atoms with Crippen LogP contribution in [0.15, 0.2) is 53.5 Å². The minimum Gasteiger partial charge on any atom is -0.494 e. The van der Waals surface area contributed by atoms with E-state index in [1.54, 1.807) is 18.2 Å². The Morgan fingerprint density at radius 1 is 1.26 bits per heavy atom. The molecule has 0 radical (unpaired) electrons. The highest BCUT2D eigenvalue weighted by Crippen LogP contribution is 2.32. The number of hydrogen-bond donors (Lipinski definition) is 2. The maximum atomic E-state index is 14.6. The Bertz CT molecular complexity index is 1500. The smallest absolute Gasteiger partial charge is 0.266 e. The van der Waals surface area contributed by atoms with Crippen LogP contribution in [-0.2, 0) is 0 Å². The summed E-state index contributed by atoms with van der Waals surface area (Å²) in [6.07, 6.45) is 3.14. The first-order chi connectivity index (χ1) is 16.5. The zero-order valence-electron chi connectivity index (χ0n) is 18.2. The Kier molecular flexibility index (Phi) is 5.43. The van der Waals surface area contributed by atoms with Gasteiger partial charge in [0.2, 0.25) is 5.88 Å². The van der Waals surface area contributed by atoms with Crippen LogP contribution < -0.4 is 15.6 Å². The summed E-state index contributed by atoms with van der Waals surface area (Å²) in [6, 6.07) is 12.4. The van der Waals surface area contributed by atoms with Crippen LogP contribution >= 0.6 is 0 Å². The Morgan fingerprint density at radius 3 is 2.76 bits per heavy atom. The largest absolute Gasteiger partial charge is 0.494 e. The highest BCUT2D eigenvalue weighted by atomic mass is 19.1. The van der Waals surface area contributed by atoms with Crippen molar-refractivity contribution in [2.75, 3.05) is 13.7 Å². The van der Waals surface area contributed by atoms with E-state index in [2.05, 4.69) is 16.4 Å². The van der Waals surface area contributed by atoms with Crippen LogP contribution in [0.25, 0.3) is 27.7 Å². The highest BCUT2D eigenvalue weighted by molar-refractivity contribution is 5.94. The lowest BCUT2D eigenvalue weighted by Crippen LogP contribution is -2.29. The number of hydrogen-bond acceptors (Lipinski definition) is 7. The Hall–Kier alpha value is -4.29. The van der Waals surface area contributed by atoms with E-state index in [0.717, 1.165) is 19.4 Å². The third-order valence-corrected chi connectivity index (χ3v) is 5.95. The van der Waals surface area contributed by atoms with Gasteiger partial charge in [-0.2, -0.15) is 5.26 Å². The molecule has 170 valence electrons. The zero-order valence-corrected chi connectivity index (χ0v) is 18.2. The lowest BCUT2D eigenvalue weighted by Gasteiger charge is -2.20. The number of fused-ring (bicyclic) bond motifs is 1. The number of aromatic nitrogens is 3. The van der Waals surface area contributed by atoms with Gasteiger partial charge in [0, 0.05) is 29.5 Å². The number of halogens is 1. The summed E-state index contributed by atoms with van der Waals surface area (Å²) in [5, 5.41) is 22.8. The molecule has 4 aromatic rings. The van der Waals surface area contributed by atoms with Gasteiger partial charge in [0.15, 0.2) is 11.6 Å². The topological polar surface area (TPSA) is 113 Å². The lowest BCUT2D eigenvalue weighted by atomic mass is 10.0. The van der Waals surface area contributed by atoms with Crippen molar-refractivity contribution in [3.63, 3.8) is 0 Å². The van der Waals surface area contributed by atoms with Gasteiger partial charge in [-0.3, -0.25) is 9.36 Å². The van der Waals surface area contributed by atoms with E-state index in [9.17, 15) is 19.6 Å². The number of methoxy groups -OCH3 is 1. The van der Waals surface area contributed by atoms with Crippen LogP contribution in [0.3, 0.4) is 0 Å². The monoisotopic (exact) mass is 457 g/mol. The average molecular weight is 457 g/mol. The van der Waals surface area contributed by atoms with Gasteiger partial charge in [-0.25, -0.2) is 14.4 Å². The van der Waals surface area contributed by atoms with Crippen molar-refractivity contribution in [1.82, 2.24) is 19.9 Å². The minimum atomic E-state index is -0.598. The van der Waals surface area contributed by atoms with Crippen LogP contribution in [0.5, 0.6) is 11.6 Å². The van der Waals surface area contributed by atoms with Crippen molar-refractivity contribution in [2.45, 2.75) is 18.9 Å². The highest BCUT2D eigenvalue weighted by Gasteiger charge is 2.25. The molecule has 8 nitrogen and oxygen atoms in total. The Morgan fingerprint density at radius 2 is 2.12 bits per heavy atom. The summed E-state index contributed by atoms with van der Waals surface area (Å²) < 4.78 is 21.0. The maximum absolute atomic E-state index is 14.6. The van der Waals surface area contributed by atoms with Gasteiger partial charge in [-0.05, 0) is 49.7 Å². The fourth-order valence-corrected chi connectivity index (χ4v) is 4.32. The first-order valence-electron chi connectivity index (χ1n) is 10.7. The number of nitrogens with zero attached hydrogens (tertiary/aromatic N) is 4. The molecule has 3 heterocycles. The van der Waals surface area contributed by atoms with Gasteiger partial charge in [0.05, 0.1) is 41.4 Å². The van der Waals surface area contributed by atoms with Crippen molar-refractivity contribution in [1.29, 1.82) is 5.26 Å². The molecular formula is C25H20FN5O3. The molecular weight excluding hydrogens is 437 g/mol. The second-order valence-corrected chi connectivity index (χ2v) is 8.02. The number of rotatable bonds is 4. The predicted octanol–water partition coefficient (Wildman–Crippen LogP) is 3.60. The van der Waals surface area contributed by atoms with Crippen molar-refractivity contribution in [3.8, 4) is 34.5 Å². The van der Waals surface area contributed by atoms with E-state index in [-0.39, 0.29) is 28.6 Å². The number of nitrogens with one attached hydrogen (secondary N) is 1. The third kappa shape index (κ3) is 3.64. The normalized spacial score (nSPS) is 15.4. The first-order valence-corrected chi connectivity index (χ1v) is 10.7. The predicted molar refractivity (Wildman–Crippen MR) is 123 cm³/mol. The molecule has 2 aromatic heterocycles. The van der Waals surface area contributed by atoms with E-state index in [0.29, 0.717) is 28.2 Å². The van der Waals surface area contributed by atoms with E-state index < -0.39 is 11.4 Å². The second kappa shape index (κ2) is 8.57. The molecule has 2 aromatic carbocycles. The Balaban J connectivity index is 1.85. The molecule has 9 heteroatoms. The molecule has 1 aliphatic heterocycles. The molecule has 0 bridgehead atoms. The molecule has 1 saturated heterocycles. The average Bonchev–Trinajstić information content (AvgIpc) is 3.39. The van der Waals surface area contributed by atoms with Crippen LogP contribution in [0, 0.1) is 17.1 Å². The number of aromatic hydroxyl groups is 1. The Labute approximate surface area is 193 Å². The summed E-state index contributed by atoms with van der Waals surface area (Å²) in [5.74, 6) is -0.214. The molecule has 1 unspecified atom stereocenters. The molecule has 1 atom stereocenters. The maximum Gasteiger partial charge on any atom is 0.266 e. The van der Waals surface area contributed by atoms with Crippen molar-refractivity contribution < 1.29 is 14.2 Å². The number of ether oxygens (including phenoxy) is 1. The fraction of sp³-hybridized carbons (Fsp3) is 0.200.